The Morgan fingerprint density at radius 3 is 2.63 bits per heavy atom. The number of alkyl halides is 1. The fourth-order valence-electron chi connectivity index (χ4n) is 4.65. The van der Waals surface area contributed by atoms with E-state index in [-0.39, 0.29) is 73.5 Å². The van der Waals surface area contributed by atoms with Crippen molar-refractivity contribution in [2.24, 2.45) is 5.73 Å². The van der Waals surface area contributed by atoms with Gasteiger partial charge in [-0.3, -0.25) is 0 Å². The third-order valence-corrected chi connectivity index (χ3v) is 6.18. The van der Waals surface area contributed by atoms with Crippen LogP contribution in [0.15, 0.2) is 36.7 Å². The predicted molar refractivity (Wildman–Crippen MR) is 134 cm³/mol. The van der Waals surface area contributed by atoms with Gasteiger partial charge in [-0.15, -0.1) is 37.2 Å². The van der Waals surface area contributed by atoms with Gasteiger partial charge in [0.05, 0.1) is 18.8 Å². The number of halogens is 5. The summed E-state index contributed by atoms with van der Waals surface area (Å²) in [5.74, 6) is -0.693. The number of carboxylic acid groups (broad SMARTS) is 1. The lowest BCUT2D eigenvalue weighted by atomic mass is 10.0. The van der Waals surface area contributed by atoms with Gasteiger partial charge in [-0.2, -0.15) is 5.10 Å². The second-order valence-electron chi connectivity index (χ2n) is 8.41. The molecule has 0 amide bonds. The average molecular weight is 553 g/mol. The maximum absolute atomic E-state index is 14.6. The van der Waals surface area contributed by atoms with Crippen LogP contribution < -0.4 is 15.4 Å². The Hall–Kier alpha value is -2.40. The Morgan fingerprint density at radius 1 is 1.17 bits per heavy atom. The minimum absolute atomic E-state index is 0. The molecule has 2 fully saturated rings. The van der Waals surface area contributed by atoms with Crippen molar-refractivity contribution in [3.63, 3.8) is 0 Å². The number of rotatable bonds is 5. The topological polar surface area (TPSA) is 106 Å². The van der Waals surface area contributed by atoms with Crippen LogP contribution in [0.2, 0.25) is 0 Å². The lowest BCUT2D eigenvalue weighted by Gasteiger charge is -2.28. The van der Waals surface area contributed by atoms with Crippen molar-refractivity contribution in [2.75, 3.05) is 11.4 Å². The zero-order valence-corrected chi connectivity index (χ0v) is 20.9. The van der Waals surface area contributed by atoms with E-state index in [9.17, 15) is 18.7 Å². The highest BCUT2D eigenvalue weighted by atomic mass is 35.5. The van der Waals surface area contributed by atoms with Crippen LogP contribution in [0.5, 0.6) is 5.75 Å². The van der Waals surface area contributed by atoms with Crippen molar-refractivity contribution >= 4 is 54.7 Å². The monoisotopic (exact) mass is 551 g/mol. The van der Waals surface area contributed by atoms with E-state index in [1.165, 1.54) is 22.8 Å². The van der Waals surface area contributed by atoms with E-state index in [1.807, 2.05) is 0 Å². The van der Waals surface area contributed by atoms with Crippen LogP contribution in [0.4, 0.5) is 14.6 Å². The Morgan fingerprint density at radius 2 is 1.94 bits per heavy atom. The van der Waals surface area contributed by atoms with Crippen LogP contribution in [0.3, 0.4) is 0 Å². The van der Waals surface area contributed by atoms with E-state index in [0.29, 0.717) is 23.6 Å². The highest BCUT2D eigenvalue weighted by molar-refractivity contribution is 5.94. The molecule has 3 heterocycles. The molecule has 8 nitrogen and oxygen atoms in total. The SMILES string of the molecule is Cl.Cl.Cl.N[C@@H]1CC[C@H](Oc2ccc(F)cc2[C@H]2C[C@H](F)CN2c2ccn3ncc(C(=O)O)c3n2)C1. The van der Waals surface area contributed by atoms with Gasteiger partial charge in [0, 0.05) is 24.2 Å². The number of nitrogens with zero attached hydrogens (tertiary/aromatic N) is 4. The summed E-state index contributed by atoms with van der Waals surface area (Å²) in [6.45, 7) is 0.0502. The first-order chi connectivity index (χ1) is 15.4. The zero-order chi connectivity index (χ0) is 22.4. The van der Waals surface area contributed by atoms with Crippen molar-refractivity contribution in [2.45, 2.75) is 50.0 Å². The zero-order valence-electron chi connectivity index (χ0n) is 18.4. The number of anilines is 1. The summed E-state index contributed by atoms with van der Waals surface area (Å²) in [7, 11) is 0. The summed E-state index contributed by atoms with van der Waals surface area (Å²) >= 11 is 0. The number of carbonyl (C=O) groups is 1. The lowest BCUT2D eigenvalue weighted by Crippen LogP contribution is -2.26. The summed E-state index contributed by atoms with van der Waals surface area (Å²) in [5, 5.41) is 13.4. The lowest BCUT2D eigenvalue weighted by molar-refractivity contribution is 0.0698. The molecule has 3 aromatic rings. The largest absolute Gasteiger partial charge is 0.490 e. The molecule has 35 heavy (non-hydrogen) atoms. The third-order valence-electron chi connectivity index (χ3n) is 6.18. The van der Waals surface area contributed by atoms with Crippen LogP contribution in [-0.4, -0.2) is 50.5 Å². The molecule has 1 aliphatic heterocycles. The molecule has 1 aliphatic carbocycles. The van der Waals surface area contributed by atoms with Crippen molar-refractivity contribution in [3.05, 3.63) is 53.6 Å². The quantitative estimate of drug-likeness (QED) is 0.484. The van der Waals surface area contributed by atoms with Crippen LogP contribution in [0.1, 0.15) is 47.6 Å². The van der Waals surface area contributed by atoms with Crippen molar-refractivity contribution in [3.8, 4) is 5.75 Å². The predicted octanol–water partition coefficient (Wildman–Crippen LogP) is 4.38. The number of aromatic nitrogens is 3. The van der Waals surface area contributed by atoms with Gasteiger partial charge in [0.1, 0.15) is 35.2 Å². The molecule has 192 valence electrons. The summed E-state index contributed by atoms with van der Waals surface area (Å²) in [4.78, 5) is 17.7. The molecule has 1 aromatic carbocycles. The van der Waals surface area contributed by atoms with Gasteiger partial charge in [-0.05, 0) is 43.5 Å². The average Bonchev–Trinajstić information content (AvgIpc) is 3.47. The Balaban J connectivity index is 0.00000144. The molecular weight excluding hydrogens is 527 g/mol. The van der Waals surface area contributed by atoms with Crippen molar-refractivity contribution in [1.29, 1.82) is 0 Å². The standard InChI is InChI=1S/C22H23F2N5O3.3ClH/c23-12-1-4-19(32-15-3-2-14(25)9-15)16(7-12)18-8-13(24)11-28(18)20-5-6-29-21(27-20)17(10-26-29)22(30)31;;;/h1,4-7,10,13-15,18H,2-3,8-9,11,25H2,(H,30,31);3*1H/t13-,14+,15-,18+;;;/m0.../s1. The van der Waals surface area contributed by atoms with Crippen molar-refractivity contribution in [1.82, 2.24) is 14.6 Å². The van der Waals surface area contributed by atoms with Crippen LogP contribution in [0.25, 0.3) is 5.65 Å². The normalized spacial score (nSPS) is 23.3. The summed E-state index contributed by atoms with van der Waals surface area (Å²) in [5.41, 5.74) is 6.65. The second-order valence-corrected chi connectivity index (χ2v) is 8.41. The van der Waals surface area contributed by atoms with E-state index in [4.69, 9.17) is 10.5 Å². The third kappa shape index (κ3) is 5.72. The first-order valence-electron chi connectivity index (χ1n) is 10.6. The maximum atomic E-state index is 14.6. The number of nitrogens with two attached hydrogens (primary N) is 1. The molecule has 3 N–H and O–H groups in total. The smallest absolute Gasteiger partial charge is 0.341 e. The minimum atomic E-state index is -1.15. The molecule has 1 saturated heterocycles. The first kappa shape index (κ1) is 28.8. The number of aromatic carboxylic acids is 1. The van der Waals surface area contributed by atoms with Crippen LogP contribution >= 0.6 is 37.2 Å². The van der Waals surface area contributed by atoms with Gasteiger partial charge in [0.25, 0.3) is 0 Å². The number of fused-ring (bicyclic) bond motifs is 1. The highest BCUT2D eigenvalue weighted by Gasteiger charge is 2.37. The molecule has 0 radical (unpaired) electrons. The van der Waals surface area contributed by atoms with Crippen LogP contribution in [-0.2, 0) is 0 Å². The molecule has 5 rings (SSSR count). The van der Waals surface area contributed by atoms with E-state index in [0.717, 1.165) is 12.8 Å². The fourth-order valence-corrected chi connectivity index (χ4v) is 4.65. The number of ether oxygens (including phenoxy) is 1. The summed E-state index contributed by atoms with van der Waals surface area (Å²) < 4.78 is 36.4. The molecule has 13 heteroatoms. The van der Waals surface area contributed by atoms with Gasteiger partial charge < -0.3 is 20.5 Å². The van der Waals surface area contributed by atoms with Gasteiger partial charge in [0.15, 0.2) is 5.65 Å². The molecule has 2 aliphatic rings. The summed E-state index contributed by atoms with van der Waals surface area (Å²) in [6, 6.07) is 5.49. The molecule has 0 spiro atoms. The second kappa shape index (κ2) is 11.6. The van der Waals surface area contributed by atoms with Gasteiger partial charge in [0.2, 0.25) is 0 Å². The molecule has 0 unspecified atom stereocenters. The first-order valence-corrected chi connectivity index (χ1v) is 10.6. The Kier molecular flexibility index (Phi) is 9.52. The minimum Gasteiger partial charge on any atom is -0.490 e. The number of hydrogen-bond donors (Lipinski definition) is 2. The molecule has 0 bridgehead atoms. The molecule has 2 aromatic heterocycles. The summed E-state index contributed by atoms with van der Waals surface area (Å²) in [6.07, 6.45) is 4.12. The van der Waals surface area contributed by atoms with Crippen LogP contribution in [0, 0.1) is 5.82 Å². The highest BCUT2D eigenvalue weighted by Crippen LogP contribution is 2.41. The molecule has 1 saturated carbocycles. The van der Waals surface area contributed by atoms with Crippen molar-refractivity contribution < 1.29 is 23.4 Å². The van der Waals surface area contributed by atoms with E-state index < -0.39 is 24.0 Å². The Labute approximate surface area is 219 Å². The van der Waals surface area contributed by atoms with E-state index >= 15 is 0 Å². The van der Waals surface area contributed by atoms with Gasteiger partial charge in [-0.25, -0.2) is 23.1 Å². The maximum Gasteiger partial charge on any atom is 0.341 e. The van der Waals surface area contributed by atoms with Gasteiger partial charge in [-0.1, -0.05) is 0 Å². The van der Waals surface area contributed by atoms with Gasteiger partial charge >= 0.3 is 5.97 Å². The van der Waals surface area contributed by atoms with E-state index in [1.54, 1.807) is 23.2 Å². The molecular formula is C22H26Cl3F2N5O3. The number of hydrogen-bond acceptors (Lipinski definition) is 6. The number of carboxylic acids is 1. The molecule has 4 atom stereocenters. The number of benzene rings is 1. The Bertz CT molecular complexity index is 1180. The fraction of sp³-hybridized carbons (Fsp3) is 0.409. The van der Waals surface area contributed by atoms with E-state index in [2.05, 4.69) is 10.1 Å².